The molecule has 0 spiro atoms. The highest BCUT2D eigenvalue weighted by atomic mass is 16.5. The van der Waals surface area contributed by atoms with Crippen LogP contribution >= 0.6 is 0 Å². The van der Waals surface area contributed by atoms with Crippen LogP contribution in [-0.4, -0.2) is 19.7 Å². The lowest BCUT2D eigenvalue weighted by molar-refractivity contribution is 0.234. The Kier molecular flexibility index (Phi) is 5.47. The van der Waals surface area contributed by atoms with Crippen molar-refractivity contribution in [1.29, 1.82) is 0 Å². The van der Waals surface area contributed by atoms with Gasteiger partial charge < -0.3 is 10.1 Å². The van der Waals surface area contributed by atoms with E-state index < -0.39 is 0 Å². The summed E-state index contributed by atoms with van der Waals surface area (Å²) in [6, 6.07) is 9.12. The Balaban J connectivity index is 2.18. The fourth-order valence-electron chi connectivity index (χ4n) is 3.43. The molecule has 0 heterocycles. The molecule has 1 aromatic carbocycles. The quantitative estimate of drug-likeness (QED) is 0.869. The Bertz CT molecular complexity index is 416. The maximum absolute atomic E-state index is 5.59. The molecule has 0 bridgehead atoms. The first-order valence-electron chi connectivity index (χ1n) is 7.98. The largest absolute Gasteiger partial charge is 0.496 e. The summed E-state index contributed by atoms with van der Waals surface area (Å²) in [6.45, 7) is 7.95. The van der Waals surface area contributed by atoms with E-state index in [9.17, 15) is 0 Å². The van der Waals surface area contributed by atoms with Gasteiger partial charge in [-0.3, -0.25) is 0 Å². The summed E-state index contributed by atoms with van der Waals surface area (Å²) in [6.07, 6.45) is 3.96. The van der Waals surface area contributed by atoms with Crippen molar-refractivity contribution in [3.63, 3.8) is 0 Å². The van der Waals surface area contributed by atoms with E-state index in [1.165, 1.54) is 24.8 Å². The number of para-hydroxylation sites is 1. The highest BCUT2D eigenvalue weighted by Crippen LogP contribution is 2.43. The van der Waals surface area contributed by atoms with Gasteiger partial charge in [0.05, 0.1) is 7.11 Å². The van der Waals surface area contributed by atoms with Gasteiger partial charge in [-0.1, -0.05) is 45.4 Å². The number of methoxy groups -OCH3 is 1. The summed E-state index contributed by atoms with van der Waals surface area (Å²) >= 11 is 0. The molecule has 1 aromatic rings. The number of nitrogens with one attached hydrogen (secondary N) is 1. The van der Waals surface area contributed by atoms with Crippen LogP contribution in [0.5, 0.6) is 5.75 Å². The second-order valence-corrected chi connectivity index (χ2v) is 6.59. The first-order chi connectivity index (χ1) is 9.61. The Morgan fingerprint density at radius 2 is 2.00 bits per heavy atom. The second-order valence-electron chi connectivity index (χ2n) is 6.59. The third-order valence-electron chi connectivity index (χ3n) is 4.58. The zero-order valence-corrected chi connectivity index (χ0v) is 13.4. The van der Waals surface area contributed by atoms with Gasteiger partial charge in [0, 0.05) is 6.04 Å². The molecule has 1 aliphatic carbocycles. The Hall–Kier alpha value is -1.02. The normalized spacial score (nSPS) is 26.8. The number of benzene rings is 1. The molecule has 0 aliphatic heterocycles. The van der Waals surface area contributed by atoms with E-state index in [4.69, 9.17) is 4.74 Å². The first-order valence-corrected chi connectivity index (χ1v) is 7.98. The maximum atomic E-state index is 5.59. The fraction of sp³-hybridized carbons (Fsp3) is 0.667. The van der Waals surface area contributed by atoms with E-state index in [0.717, 1.165) is 24.1 Å². The van der Waals surface area contributed by atoms with Gasteiger partial charge >= 0.3 is 0 Å². The average Bonchev–Trinajstić information content (AvgIpc) is 2.45. The van der Waals surface area contributed by atoms with Crippen molar-refractivity contribution in [2.75, 3.05) is 13.7 Å². The van der Waals surface area contributed by atoms with Crippen LogP contribution < -0.4 is 10.1 Å². The Morgan fingerprint density at radius 3 is 2.70 bits per heavy atom. The lowest BCUT2D eigenvalue weighted by Gasteiger charge is -2.36. The smallest absolute Gasteiger partial charge is 0.122 e. The van der Waals surface area contributed by atoms with Crippen molar-refractivity contribution in [3.8, 4) is 5.75 Å². The van der Waals surface area contributed by atoms with Gasteiger partial charge in [-0.2, -0.15) is 0 Å². The molecule has 1 N–H and O–H groups in total. The number of rotatable bonds is 5. The summed E-state index contributed by atoms with van der Waals surface area (Å²) in [5.41, 5.74) is 1.40. The van der Waals surface area contributed by atoms with E-state index >= 15 is 0 Å². The monoisotopic (exact) mass is 275 g/mol. The Labute approximate surface area is 123 Å². The summed E-state index contributed by atoms with van der Waals surface area (Å²) in [7, 11) is 1.78. The van der Waals surface area contributed by atoms with Crippen molar-refractivity contribution in [3.05, 3.63) is 29.8 Å². The zero-order valence-electron chi connectivity index (χ0n) is 13.4. The van der Waals surface area contributed by atoms with Crippen LogP contribution in [0.25, 0.3) is 0 Å². The van der Waals surface area contributed by atoms with E-state index in [1.54, 1.807) is 7.11 Å². The van der Waals surface area contributed by atoms with Crippen LogP contribution in [0.4, 0.5) is 0 Å². The molecule has 0 radical (unpaired) electrons. The lowest BCUT2D eigenvalue weighted by Crippen LogP contribution is -2.34. The van der Waals surface area contributed by atoms with Crippen molar-refractivity contribution in [2.45, 2.75) is 52.0 Å². The van der Waals surface area contributed by atoms with Crippen molar-refractivity contribution < 1.29 is 4.74 Å². The minimum atomic E-state index is 0.563. The predicted octanol–water partition coefficient (Wildman–Crippen LogP) is 4.21. The number of ether oxygens (including phenoxy) is 1. The SMILES string of the molecule is COc1ccccc1C1CC(C)CCC1CNC(C)C. The topological polar surface area (TPSA) is 21.3 Å². The predicted molar refractivity (Wildman–Crippen MR) is 85.4 cm³/mol. The molecule has 112 valence electrons. The maximum Gasteiger partial charge on any atom is 0.122 e. The molecular formula is C18H29NO. The third-order valence-corrected chi connectivity index (χ3v) is 4.58. The van der Waals surface area contributed by atoms with Gasteiger partial charge in [-0.25, -0.2) is 0 Å². The first kappa shape index (κ1) is 15.4. The third kappa shape index (κ3) is 3.76. The molecular weight excluding hydrogens is 246 g/mol. The molecule has 2 heteroatoms. The van der Waals surface area contributed by atoms with Crippen LogP contribution in [0.15, 0.2) is 24.3 Å². The minimum Gasteiger partial charge on any atom is -0.496 e. The van der Waals surface area contributed by atoms with E-state index in [-0.39, 0.29) is 0 Å². The molecule has 0 saturated heterocycles. The molecule has 0 aromatic heterocycles. The van der Waals surface area contributed by atoms with Crippen LogP contribution in [0, 0.1) is 11.8 Å². The van der Waals surface area contributed by atoms with Crippen LogP contribution in [0.3, 0.4) is 0 Å². The summed E-state index contributed by atoms with van der Waals surface area (Å²) in [4.78, 5) is 0. The van der Waals surface area contributed by atoms with Crippen molar-refractivity contribution in [2.24, 2.45) is 11.8 Å². The van der Waals surface area contributed by atoms with Crippen molar-refractivity contribution in [1.82, 2.24) is 5.32 Å². The fourth-order valence-corrected chi connectivity index (χ4v) is 3.43. The minimum absolute atomic E-state index is 0.563. The standard InChI is InChI=1S/C18H29NO/c1-13(2)19-12-15-10-9-14(3)11-17(15)16-7-5-6-8-18(16)20-4/h5-8,13-15,17,19H,9-12H2,1-4H3. The van der Waals surface area contributed by atoms with Gasteiger partial charge in [0.25, 0.3) is 0 Å². The Morgan fingerprint density at radius 1 is 1.25 bits per heavy atom. The molecule has 1 aliphatic rings. The molecule has 1 saturated carbocycles. The highest BCUT2D eigenvalue weighted by molar-refractivity contribution is 5.37. The van der Waals surface area contributed by atoms with Gasteiger partial charge in [0.2, 0.25) is 0 Å². The lowest BCUT2D eigenvalue weighted by atomic mass is 9.71. The molecule has 1 fully saturated rings. The molecule has 2 nitrogen and oxygen atoms in total. The van der Waals surface area contributed by atoms with Gasteiger partial charge in [0.1, 0.15) is 5.75 Å². The molecule has 3 unspecified atom stereocenters. The second kappa shape index (κ2) is 7.12. The summed E-state index contributed by atoms with van der Waals surface area (Å²) in [5, 5.41) is 3.63. The molecule has 2 rings (SSSR count). The average molecular weight is 275 g/mol. The van der Waals surface area contributed by atoms with Gasteiger partial charge in [-0.05, 0) is 48.8 Å². The summed E-state index contributed by atoms with van der Waals surface area (Å²) < 4.78 is 5.59. The van der Waals surface area contributed by atoms with E-state index in [1.807, 2.05) is 0 Å². The van der Waals surface area contributed by atoms with Crippen LogP contribution in [0.1, 0.15) is 51.5 Å². The molecule has 20 heavy (non-hydrogen) atoms. The van der Waals surface area contributed by atoms with Gasteiger partial charge in [0.15, 0.2) is 0 Å². The molecule has 0 amide bonds. The van der Waals surface area contributed by atoms with Crippen LogP contribution in [0.2, 0.25) is 0 Å². The van der Waals surface area contributed by atoms with E-state index in [2.05, 4.69) is 50.4 Å². The molecule has 3 atom stereocenters. The zero-order chi connectivity index (χ0) is 14.5. The van der Waals surface area contributed by atoms with Gasteiger partial charge in [-0.15, -0.1) is 0 Å². The van der Waals surface area contributed by atoms with Crippen molar-refractivity contribution >= 4 is 0 Å². The van der Waals surface area contributed by atoms with E-state index in [0.29, 0.717) is 12.0 Å². The number of hydrogen-bond donors (Lipinski definition) is 1. The highest BCUT2D eigenvalue weighted by Gasteiger charge is 2.31. The van der Waals surface area contributed by atoms with Crippen LogP contribution in [-0.2, 0) is 0 Å². The summed E-state index contributed by atoms with van der Waals surface area (Å²) in [5.74, 6) is 3.23. The number of hydrogen-bond acceptors (Lipinski definition) is 2.